The maximum absolute atomic E-state index is 12.8. The molecule has 9 heteroatoms. The molecule has 1 amide bonds. The Morgan fingerprint density at radius 3 is 2.59 bits per heavy atom. The van der Waals surface area contributed by atoms with Crippen molar-refractivity contribution in [3.05, 3.63) is 64.0 Å². The van der Waals surface area contributed by atoms with Crippen molar-refractivity contribution in [3.63, 3.8) is 0 Å². The van der Waals surface area contributed by atoms with Crippen molar-refractivity contribution in [2.45, 2.75) is 23.7 Å². The molecule has 1 aliphatic heterocycles. The summed E-state index contributed by atoms with van der Waals surface area (Å²) in [5.74, 6) is -0.105. The van der Waals surface area contributed by atoms with Crippen LogP contribution in [0.2, 0.25) is 0 Å². The minimum Gasteiger partial charge on any atom is -0.312 e. The molecule has 0 aliphatic carbocycles. The maximum atomic E-state index is 12.8. The van der Waals surface area contributed by atoms with E-state index in [2.05, 4.69) is 16.9 Å². The number of amides is 1. The zero-order chi connectivity index (χ0) is 19.8. The minimum absolute atomic E-state index is 0.0333. The number of aromatic nitrogens is 2. The normalized spacial score (nSPS) is 16.6. The van der Waals surface area contributed by atoms with Gasteiger partial charge < -0.3 is 9.88 Å². The summed E-state index contributed by atoms with van der Waals surface area (Å²) in [6, 6.07) is 4.51. The smallest absolute Gasteiger partial charge is 0.312 e. The van der Waals surface area contributed by atoms with Gasteiger partial charge in [-0.05, 0) is 17.7 Å². The molecule has 0 unspecified atom stereocenters. The zero-order valence-electron chi connectivity index (χ0n) is 14.3. The average Bonchev–Trinajstić information content (AvgIpc) is 2.62. The van der Waals surface area contributed by atoms with E-state index < -0.39 is 23.2 Å². The third-order valence-electron chi connectivity index (χ3n) is 4.27. The van der Waals surface area contributed by atoms with Crippen molar-refractivity contribution in [3.8, 4) is 0 Å². The highest BCUT2D eigenvalue weighted by atomic mass is 32.2. The number of nitrogens with one attached hydrogen (secondary N) is 1. The van der Waals surface area contributed by atoms with Crippen molar-refractivity contribution in [2.75, 3.05) is 11.1 Å². The second-order valence-corrected chi connectivity index (χ2v) is 7.03. The lowest BCUT2D eigenvalue weighted by Gasteiger charge is -2.27. The highest BCUT2D eigenvalue weighted by molar-refractivity contribution is 7.99. The van der Waals surface area contributed by atoms with Gasteiger partial charge in [-0.25, -0.2) is 0 Å². The van der Waals surface area contributed by atoms with E-state index in [-0.39, 0.29) is 17.9 Å². The van der Waals surface area contributed by atoms with Crippen molar-refractivity contribution < 1.29 is 18.0 Å². The number of anilines is 1. The fourth-order valence-corrected chi connectivity index (χ4v) is 3.69. The molecule has 0 spiro atoms. The van der Waals surface area contributed by atoms with Gasteiger partial charge in [0.05, 0.1) is 11.1 Å². The molecule has 142 valence electrons. The molecule has 3 rings (SSSR count). The van der Waals surface area contributed by atoms with Crippen LogP contribution in [0.1, 0.15) is 29.0 Å². The molecule has 2 heterocycles. The number of hydrogen-bond acceptors (Lipinski definition) is 4. The molecule has 1 aliphatic rings. The monoisotopic (exact) mass is 395 g/mol. The Balaban J connectivity index is 2.08. The lowest BCUT2D eigenvalue weighted by Crippen LogP contribution is -2.33. The van der Waals surface area contributed by atoms with E-state index in [1.54, 1.807) is 17.7 Å². The highest BCUT2D eigenvalue weighted by Crippen LogP contribution is 2.37. The molecule has 1 N–H and O–H groups in total. The molecule has 1 aromatic carbocycles. The van der Waals surface area contributed by atoms with Gasteiger partial charge in [0.2, 0.25) is 5.91 Å². The van der Waals surface area contributed by atoms with Crippen LogP contribution in [-0.4, -0.2) is 21.2 Å². The number of benzene rings is 1. The fourth-order valence-electron chi connectivity index (χ4n) is 2.99. The van der Waals surface area contributed by atoms with E-state index in [1.165, 1.54) is 23.9 Å². The number of carbonyl (C=O) groups is 1. The molecular formula is C18H16F3N3O2S. The molecule has 0 fully saturated rings. The summed E-state index contributed by atoms with van der Waals surface area (Å²) < 4.78 is 40.0. The van der Waals surface area contributed by atoms with E-state index in [0.717, 1.165) is 12.1 Å². The second kappa shape index (κ2) is 7.22. The lowest BCUT2D eigenvalue weighted by atomic mass is 9.86. The maximum Gasteiger partial charge on any atom is 0.416 e. The third kappa shape index (κ3) is 3.78. The first-order valence-corrected chi connectivity index (χ1v) is 9.02. The van der Waals surface area contributed by atoms with Gasteiger partial charge in [0.15, 0.2) is 5.16 Å². The number of thioether (sulfide) groups is 1. The van der Waals surface area contributed by atoms with Crippen LogP contribution >= 0.6 is 11.8 Å². The predicted octanol–water partition coefficient (Wildman–Crippen LogP) is 3.55. The molecule has 0 saturated carbocycles. The largest absolute Gasteiger partial charge is 0.416 e. The summed E-state index contributed by atoms with van der Waals surface area (Å²) in [5.41, 5.74) is -0.544. The standard InChI is InChI=1S/C18H16F3N3O2S/c1-3-8-27-17-23-16(26)14-12(9-13(25)22-15(14)24(17)2)10-4-6-11(7-5-10)18(19,20)21/h3-7,12H,1,8-9H2,2H3,(H,22,25)/t12-/m1/s1. The summed E-state index contributed by atoms with van der Waals surface area (Å²) >= 11 is 1.29. The number of halogens is 3. The Kier molecular flexibility index (Phi) is 5.14. The van der Waals surface area contributed by atoms with Gasteiger partial charge in [0, 0.05) is 25.1 Å². The van der Waals surface area contributed by atoms with Crippen molar-refractivity contribution in [2.24, 2.45) is 7.05 Å². The van der Waals surface area contributed by atoms with Crippen LogP contribution in [0.3, 0.4) is 0 Å². The Bertz CT molecular complexity index is 952. The van der Waals surface area contributed by atoms with Crippen molar-refractivity contribution in [1.29, 1.82) is 0 Å². The van der Waals surface area contributed by atoms with E-state index in [4.69, 9.17) is 0 Å². The van der Waals surface area contributed by atoms with Gasteiger partial charge in [-0.2, -0.15) is 18.2 Å². The van der Waals surface area contributed by atoms with Gasteiger partial charge >= 0.3 is 6.18 Å². The Hall–Kier alpha value is -2.55. The SMILES string of the molecule is C=CCSc1nc(=O)c2c(n1C)NC(=O)C[C@@H]2c1ccc(C(F)(F)F)cc1. The van der Waals surface area contributed by atoms with Gasteiger partial charge in [-0.3, -0.25) is 9.59 Å². The molecule has 0 bridgehead atoms. The van der Waals surface area contributed by atoms with Crippen LogP contribution in [0.25, 0.3) is 0 Å². The van der Waals surface area contributed by atoms with Gasteiger partial charge in [-0.1, -0.05) is 30.0 Å². The quantitative estimate of drug-likeness (QED) is 0.489. The number of fused-ring (bicyclic) bond motifs is 1. The summed E-state index contributed by atoms with van der Waals surface area (Å²) in [6.45, 7) is 3.62. The summed E-state index contributed by atoms with van der Waals surface area (Å²) in [6.07, 6.45) is -2.82. The van der Waals surface area contributed by atoms with Crippen LogP contribution in [-0.2, 0) is 18.0 Å². The van der Waals surface area contributed by atoms with Crippen LogP contribution in [0.5, 0.6) is 0 Å². The molecule has 0 saturated heterocycles. The number of rotatable bonds is 4. The second-order valence-electron chi connectivity index (χ2n) is 6.05. The van der Waals surface area contributed by atoms with Gasteiger partial charge in [0.25, 0.3) is 5.56 Å². The van der Waals surface area contributed by atoms with Crippen molar-refractivity contribution in [1.82, 2.24) is 9.55 Å². The molecule has 27 heavy (non-hydrogen) atoms. The number of carbonyl (C=O) groups excluding carboxylic acids is 1. The van der Waals surface area contributed by atoms with E-state index in [0.29, 0.717) is 22.3 Å². The third-order valence-corrected chi connectivity index (χ3v) is 5.30. The topological polar surface area (TPSA) is 64.0 Å². The lowest BCUT2D eigenvalue weighted by molar-refractivity contribution is -0.137. The van der Waals surface area contributed by atoms with E-state index in [9.17, 15) is 22.8 Å². The Morgan fingerprint density at radius 2 is 2.00 bits per heavy atom. The average molecular weight is 395 g/mol. The Labute approximate surface area is 157 Å². The number of alkyl halides is 3. The summed E-state index contributed by atoms with van der Waals surface area (Å²) in [5, 5.41) is 3.11. The van der Waals surface area contributed by atoms with Gasteiger partial charge in [0.1, 0.15) is 5.82 Å². The van der Waals surface area contributed by atoms with E-state index in [1.807, 2.05) is 0 Å². The van der Waals surface area contributed by atoms with Crippen LogP contribution in [0, 0.1) is 0 Å². The first-order chi connectivity index (χ1) is 12.7. The predicted molar refractivity (Wildman–Crippen MR) is 96.9 cm³/mol. The fraction of sp³-hybridized carbons (Fsp3) is 0.278. The number of hydrogen-bond donors (Lipinski definition) is 1. The van der Waals surface area contributed by atoms with E-state index >= 15 is 0 Å². The molecule has 0 radical (unpaired) electrons. The molecular weight excluding hydrogens is 379 g/mol. The molecule has 1 aromatic heterocycles. The van der Waals surface area contributed by atoms with Crippen LogP contribution < -0.4 is 10.9 Å². The van der Waals surface area contributed by atoms with Gasteiger partial charge in [-0.15, -0.1) is 6.58 Å². The molecule has 5 nitrogen and oxygen atoms in total. The zero-order valence-corrected chi connectivity index (χ0v) is 15.2. The highest BCUT2D eigenvalue weighted by Gasteiger charge is 2.34. The van der Waals surface area contributed by atoms with Crippen LogP contribution in [0.4, 0.5) is 19.0 Å². The van der Waals surface area contributed by atoms with Crippen LogP contribution in [0.15, 0.2) is 46.9 Å². The minimum atomic E-state index is -4.45. The van der Waals surface area contributed by atoms with Crippen molar-refractivity contribution >= 4 is 23.5 Å². The molecule has 2 aromatic rings. The first-order valence-electron chi connectivity index (χ1n) is 8.04. The number of nitrogens with zero attached hydrogens (tertiary/aromatic N) is 2. The Morgan fingerprint density at radius 1 is 1.33 bits per heavy atom. The molecule has 1 atom stereocenters. The summed E-state index contributed by atoms with van der Waals surface area (Å²) in [4.78, 5) is 28.9. The first kappa shape index (κ1) is 19.2. The summed E-state index contributed by atoms with van der Waals surface area (Å²) in [7, 11) is 1.67.